The third kappa shape index (κ3) is 5.61. The Morgan fingerprint density at radius 3 is 2.48 bits per heavy atom. The molecule has 0 radical (unpaired) electrons. The molecule has 0 aliphatic heterocycles. The predicted molar refractivity (Wildman–Crippen MR) is 89.4 cm³/mol. The van der Waals surface area contributed by atoms with E-state index in [1.165, 1.54) is 30.3 Å². The summed E-state index contributed by atoms with van der Waals surface area (Å²) < 4.78 is 52.9. The summed E-state index contributed by atoms with van der Waals surface area (Å²) in [5.41, 5.74) is 0.942. The number of rotatable bonds is 7. The number of carbonyl (C=O) groups is 1. The van der Waals surface area contributed by atoms with E-state index in [4.69, 9.17) is 0 Å². The zero-order chi connectivity index (χ0) is 18.4. The molecule has 2 aromatic rings. The second-order valence-electron chi connectivity index (χ2n) is 5.46. The average molecular weight is 368 g/mol. The number of carbonyl (C=O) groups excluding carboxylic acids is 1. The zero-order valence-electron chi connectivity index (χ0n) is 13.6. The summed E-state index contributed by atoms with van der Waals surface area (Å²) in [7, 11) is -3.87. The van der Waals surface area contributed by atoms with Crippen LogP contribution >= 0.6 is 0 Å². The molecule has 8 heteroatoms. The van der Waals surface area contributed by atoms with Crippen LogP contribution < -0.4 is 10.0 Å². The number of nitrogens with one attached hydrogen (secondary N) is 2. The van der Waals surface area contributed by atoms with Gasteiger partial charge in [-0.05, 0) is 42.3 Å². The van der Waals surface area contributed by atoms with E-state index >= 15 is 0 Å². The van der Waals surface area contributed by atoms with Gasteiger partial charge in [-0.25, -0.2) is 21.9 Å². The maximum Gasteiger partial charge on any atom is 0.240 e. The van der Waals surface area contributed by atoms with Crippen LogP contribution in [0.15, 0.2) is 47.4 Å². The van der Waals surface area contributed by atoms with Crippen molar-refractivity contribution in [3.05, 3.63) is 65.2 Å². The second kappa shape index (κ2) is 8.17. The zero-order valence-corrected chi connectivity index (χ0v) is 14.4. The molecule has 2 aromatic carbocycles. The van der Waals surface area contributed by atoms with E-state index in [1.807, 2.05) is 0 Å². The highest BCUT2D eigenvalue weighted by Gasteiger charge is 2.17. The van der Waals surface area contributed by atoms with E-state index in [9.17, 15) is 22.0 Å². The quantitative estimate of drug-likeness (QED) is 0.733. The summed E-state index contributed by atoms with van der Waals surface area (Å²) in [5.74, 6) is -1.43. The van der Waals surface area contributed by atoms with E-state index in [0.717, 1.165) is 6.07 Å². The van der Waals surface area contributed by atoms with Gasteiger partial charge in [0.25, 0.3) is 0 Å². The fraction of sp³-hybridized carbons (Fsp3) is 0.235. The molecule has 5 nitrogen and oxygen atoms in total. The number of hydrogen-bond donors (Lipinski definition) is 2. The fourth-order valence-corrected chi connectivity index (χ4v) is 3.51. The molecule has 0 aromatic heterocycles. The monoisotopic (exact) mass is 368 g/mol. The van der Waals surface area contributed by atoms with E-state index in [1.54, 1.807) is 13.0 Å². The van der Waals surface area contributed by atoms with Gasteiger partial charge in [0.15, 0.2) is 0 Å². The van der Waals surface area contributed by atoms with Crippen LogP contribution in [0.2, 0.25) is 0 Å². The van der Waals surface area contributed by atoms with Crippen molar-refractivity contribution in [2.45, 2.75) is 18.2 Å². The van der Waals surface area contributed by atoms with Gasteiger partial charge in [-0.15, -0.1) is 0 Å². The molecule has 0 heterocycles. The molecular weight excluding hydrogens is 350 g/mol. The van der Waals surface area contributed by atoms with Gasteiger partial charge in [0.05, 0.1) is 11.3 Å². The van der Waals surface area contributed by atoms with Gasteiger partial charge in [-0.1, -0.05) is 18.2 Å². The molecule has 0 atom stereocenters. The lowest BCUT2D eigenvalue weighted by molar-refractivity contribution is -0.120. The fourth-order valence-electron chi connectivity index (χ4n) is 2.22. The topological polar surface area (TPSA) is 75.3 Å². The molecule has 25 heavy (non-hydrogen) atoms. The van der Waals surface area contributed by atoms with Crippen LogP contribution in [0.5, 0.6) is 0 Å². The van der Waals surface area contributed by atoms with Crippen LogP contribution in [-0.2, 0) is 21.2 Å². The lowest BCUT2D eigenvalue weighted by Crippen LogP contribution is -2.35. The van der Waals surface area contributed by atoms with Gasteiger partial charge in [-0.3, -0.25) is 4.79 Å². The van der Waals surface area contributed by atoms with Crippen LogP contribution in [-0.4, -0.2) is 27.4 Å². The maximum atomic E-state index is 13.2. The van der Waals surface area contributed by atoms with E-state index in [0.29, 0.717) is 11.1 Å². The molecule has 1 amide bonds. The Labute approximate surface area is 145 Å². The molecule has 0 spiro atoms. The SMILES string of the molecule is Cc1ccc(F)cc1S(=O)(=O)NCCNC(=O)Cc1cccc(F)c1. The number of sulfonamides is 1. The number of benzene rings is 2. The van der Waals surface area contributed by atoms with Crippen LogP contribution in [0.25, 0.3) is 0 Å². The molecule has 0 aliphatic carbocycles. The van der Waals surface area contributed by atoms with Crippen LogP contribution in [0, 0.1) is 18.6 Å². The minimum atomic E-state index is -3.87. The van der Waals surface area contributed by atoms with Crippen LogP contribution in [0.1, 0.15) is 11.1 Å². The number of halogens is 2. The Morgan fingerprint density at radius 1 is 1.04 bits per heavy atom. The first-order valence-electron chi connectivity index (χ1n) is 7.55. The van der Waals surface area contributed by atoms with Crippen molar-refractivity contribution in [1.29, 1.82) is 0 Å². The molecule has 0 fully saturated rings. The Hall–Kier alpha value is -2.32. The van der Waals surface area contributed by atoms with Gasteiger partial charge in [0.1, 0.15) is 11.6 Å². The third-order valence-corrected chi connectivity index (χ3v) is 5.04. The molecule has 0 unspecified atom stereocenters. The lowest BCUT2D eigenvalue weighted by atomic mass is 10.1. The Balaban J connectivity index is 1.84. The molecule has 0 saturated heterocycles. The lowest BCUT2D eigenvalue weighted by Gasteiger charge is -2.10. The van der Waals surface area contributed by atoms with Crippen molar-refractivity contribution in [2.75, 3.05) is 13.1 Å². The standard InChI is InChI=1S/C17H18F2N2O3S/c1-12-5-6-15(19)11-16(12)25(23,24)21-8-7-20-17(22)10-13-3-2-4-14(18)9-13/h2-6,9,11,21H,7-8,10H2,1H3,(H,20,22). The third-order valence-electron chi connectivity index (χ3n) is 3.43. The average Bonchev–Trinajstić information content (AvgIpc) is 2.54. The van der Waals surface area contributed by atoms with Crippen molar-refractivity contribution < 1.29 is 22.0 Å². The highest BCUT2D eigenvalue weighted by atomic mass is 32.2. The van der Waals surface area contributed by atoms with E-state index in [2.05, 4.69) is 10.0 Å². The summed E-state index contributed by atoms with van der Waals surface area (Å²) in [6, 6.07) is 9.18. The van der Waals surface area contributed by atoms with E-state index in [-0.39, 0.29) is 30.3 Å². The Morgan fingerprint density at radius 2 is 1.76 bits per heavy atom. The highest BCUT2D eigenvalue weighted by Crippen LogP contribution is 2.15. The Kier molecular flexibility index (Phi) is 6.22. The molecule has 0 saturated carbocycles. The number of hydrogen-bond acceptors (Lipinski definition) is 3. The molecule has 0 bridgehead atoms. The maximum absolute atomic E-state index is 13.2. The first-order valence-corrected chi connectivity index (χ1v) is 9.03. The minimum absolute atomic E-state index is 0.00643. The van der Waals surface area contributed by atoms with Gasteiger partial charge in [-0.2, -0.15) is 0 Å². The number of amides is 1. The molecule has 0 aliphatic rings. The van der Waals surface area contributed by atoms with Crippen molar-refractivity contribution in [1.82, 2.24) is 10.0 Å². The molecule has 134 valence electrons. The van der Waals surface area contributed by atoms with Crippen molar-refractivity contribution >= 4 is 15.9 Å². The van der Waals surface area contributed by atoms with Crippen LogP contribution in [0.4, 0.5) is 8.78 Å². The van der Waals surface area contributed by atoms with Gasteiger partial charge < -0.3 is 5.32 Å². The van der Waals surface area contributed by atoms with Gasteiger partial charge in [0.2, 0.25) is 15.9 Å². The first kappa shape index (κ1) is 19.0. The smallest absolute Gasteiger partial charge is 0.240 e. The highest BCUT2D eigenvalue weighted by molar-refractivity contribution is 7.89. The summed E-state index contributed by atoms with van der Waals surface area (Å²) in [4.78, 5) is 11.6. The van der Waals surface area contributed by atoms with Crippen molar-refractivity contribution in [3.63, 3.8) is 0 Å². The summed E-state index contributed by atoms with van der Waals surface area (Å²) >= 11 is 0. The summed E-state index contributed by atoms with van der Waals surface area (Å²) in [6.07, 6.45) is -0.00643. The van der Waals surface area contributed by atoms with Crippen molar-refractivity contribution in [2.24, 2.45) is 0 Å². The Bertz CT molecular complexity index is 870. The second-order valence-corrected chi connectivity index (χ2v) is 7.20. The van der Waals surface area contributed by atoms with Gasteiger partial charge in [0, 0.05) is 13.1 Å². The molecular formula is C17H18F2N2O3S. The normalized spacial score (nSPS) is 11.3. The number of aryl methyl sites for hydroxylation is 1. The van der Waals surface area contributed by atoms with Crippen LogP contribution in [0.3, 0.4) is 0 Å². The minimum Gasteiger partial charge on any atom is -0.355 e. The predicted octanol–water partition coefficient (Wildman–Crippen LogP) is 1.91. The molecule has 2 rings (SSSR count). The summed E-state index contributed by atoms with van der Waals surface area (Å²) in [5, 5.41) is 2.54. The van der Waals surface area contributed by atoms with E-state index < -0.39 is 21.7 Å². The van der Waals surface area contributed by atoms with Crippen molar-refractivity contribution in [3.8, 4) is 0 Å². The first-order chi connectivity index (χ1) is 11.8. The largest absolute Gasteiger partial charge is 0.355 e. The molecule has 2 N–H and O–H groups in total. The van der Waals surface area contributed by atoms with Gasteiger partial charge >= 0.3 is 0 Å². The summed E-state index contributed by atoms with van der Waals surface area (Å²) in [6.45, 7) is 1.57.